The maximum atomic E-state index is 12.9. The third-order valence-electron chi connectivity index (χ3n) is 4.45. The molecular formula is C18H27FN2O2. The summed E-state index contributed by atoms with van der Waals surface area (Å²) in [4.78, 5) is 14.6. The molecule has 0 bridgehead atoms. The summed E-state index contributed by atoms with van der Waals surface area (Å²) in [5.74, 6) is 0.811. The van der Waals surface area contributed by atoms with Crippen LogP contribution < -0.4 is 10.1 Å². The molecule has 0 unspecified atom stereocenters. The van der Waals surface area contributed by atoms with Crippen molar-refractivity contribution in [2.45, 2.75) is 38.7 Å². The van der Waals surface area contributed by atoms with E-state index >= 15 is 0 Å². The zero-order valence-corrected chi connectivity index (χ0v) is 14.1. The number of benzene rings is 1. The van der Waals surface area contributed by atoms with Gasteiger partial charge in [0, 0.05) is 6.54 Å². The molecule has 1 fully saturated rings. The Labute approximate surface area is 138 Å². The molecule has 1 aliphatic heterocycles. The molecule has 4 nitrogen and oxygen atoms in total. The van der Waals surface area contributed by atoms with E-state index in [-0.39, 0.29) is 11.7 Å². The van der Waals surface area contributed by atoms with Crippen LogP contribution >= 0.6 is 0 Å². The highest BCUT2D eigenvalue weighted by atomic mass is 19.1. The first kappa shape index (κ1) is 17.7. The van der Waals surface area contributed by atoms with Gasteiger partial charge in [0.1, 0.15) is 11.6 Å². The van der Waals surface area contributed by atoms with Crippen molar-refractivity contribution < 1.29 is 13.9 Å². The Bertz CT molecular complexity index is 484. The van der Waals surface area contributed by atoms with Crippen LogP contribution in [0.5, 0.6) is 5.75 Å². The second kappa shape index (κ2) is 8.87. The Morgan fingerprint density at radius 1 is 1.35 bits per heavy atom. The number of halogens is 1. The lowest BCUT2D eigenvalue weighted by molar-refractivity contribution is -0.128. The maximum absolute atomic E-state index is 12.9. The van der Waals surface area contributed by atoms with E-state index in [4.69, 9.17) is 4.74 Å². The van der Waals surface area contributed by atoms with Gasteiger partial charge in [-0.1, -0.05) is 6.92 Å². The van der Waals surface area contributed by atoms with E-state index < -0.39 is 6.10 Å². The number of ether oxygens (including phenoxy) is 1. The molecule has 128 valence electrons. The lowest BCUT2D eigenvalue weighted by atomic mass is 9.94. The molecule has 0 spiro atoms. The number of nitrogens with zero attached hydrogens (tertiary/aromatic N) is 1. The third kappa shape index (κ3) is 5.82. The van der Waals surface area contributed by atoms with Crippen LogP contribution in [0.25, 0.3) is 0 Å². The molecule has 1 saturated heterocycles. The fourth-order valence-corrected chi connectivity index (χ4v) is 2.86. The van der Waals surface area contributed by atoms with Crippen LogP contribution in [0.15, 0.2) is 24.3 Å². The van der Waals surface area contributed by atoms with E-state index in [1.165, 1.54) is 25.0 Å². The van der Waals surface area contributed by atoms with E-state index in [2.05, 4.69) is 17.3 Å². The highest BCUT2D eigenvalue weighted by Gasteiger charge is 2.20. The highest BCUT2D eigenvalue weighted by molar-refractivity contribution is 5.81. The SMILES string of the molecule is CC[C@@H](Oc1ccc(F)cc1)C(=O)NCCC1CCN(C)CC1. The Balaban J connectivity index is 1.73. The monoisotopic (exact) mass is 322 g/mol. The molecule has 1 atom stereocenters. The van der Waals surface area contributed by atoms with Gasteiger partial charge in [-0.3, -0.25) is 4.79 Å². The minimum Gasteiger partial charge on any atom is -0.481 e. The molecule has 1 heterocycles. The van der Waals surface area contributed by atoms with Crippen molar-refractivity contribution in [3.63, 3.8) is 0 Å². The largest absolute Gasteiger partial charge is 0.481 e. The van der Waals surface area contributed by atoms with Crippen molar-refractivity contribution in [2.75, 3.05) is 26.7 Å². The fourth-order valence-electron chi connectivity index (χ4n) is 2.86. The molecule has 0 saturated carbocycles. The van der Waals surface area contributed by atoms with E-state index in [9.17, 15) is 9.18 Å². The Hall–Kier alpha value is -1.62. The lowest BCUT2D eigenvalue weighted by Gasteiger charge is -2.29. The number of carbonyl (C=O) groups excluding carboxylic acids is 1. The predicted molar refractivity (Wildman–Crippen MR) is 89.0 cm³/mol. The van der Waals surface area contributed by atoms with Crippen molar-refractivity contribution in [3.05, 3.63) is 30.1 Å². The Morgan fingerprint density at radius 3 is 2.61 bits per heavy atom. The van der Waals surface area contributed by atoms with Gasteiger partial charge in [0.25, 0.3) is 5.91 Å². The summed E-state index contributed by atoms with van der Waals surface area (Å²) in [7, 11) is 2.15. The van der Waals surface area contributed by atoms with Gasteiger partial charge in [-0.2, -0.15) is 0 Å². The summed E-state index contributed by atoms with van der Waals surface area (Å²) in [6.45, 7) is 4.88. The molecule has 1 N–H and O–H groups in total. The van der Waals surface area contributed by atoms with Crippen molar-refractivity contribution in [1.82, 2.24) is 10.2 Å². The quantitative estimate of drug-likeness (QED) is 0.839. The number of amides is 1. The van der Waals surface area contributed by atoms with E-state index in [0.717, 1.165) is 19.5 Å². The number of hydrogen-bond acceptors (Lipinski definition) is 3. The van der Waals surface area contributed by atoms with Gasteiger partial charge in [0.2, 0.25) is 0 Å². The van der Waals surface area contributed by atoms with E-state index in [1.54, 1.807) is 12.1 Å². The first-order valence-corrected chi connectivity index (χ1v) is 8.47. The molecule has 1 aromatic rings. The van der Waals surface area contributed by atoms with Gasteiger partial charge < -0.3 is 15.0 Å². The summed E-state index contributed by atoms with van der Waals surface area (Å²) in [6.07, 6.45) is 3.48. The summed E-state index contributed by atoms with van der Waals surface area (Å²) < 4.78 is 18.5. The van der Waals surface area contributed by atoms with Crippen molar-refractivity contribution in [3.8, 4) is 5.75 Å². The predicted octanol–water partition coefficient (Wildman–Crippen LogP) is 2.83. The Kier molecular flexibility index (Phi) is 6.84. The molecule has 1 aromatic carbocycles. The average Bonchev–Trinajstić information content (AvgIpc) is 2.56. The zero-order valence-electron chi connectivity index (χ0n) is 14.1. The summed E-state index contributed by atoms with van der Waals surface area (Å²) >= 11 is 0. The van der Waals surface area contributed by atoms with Crippen LogP contribution in [0.1, 0.15) is 32.6 Å². The molecule has 0 aliphatic carbocycles. The van der Waals surface area contributed by atoms with Crippen LogP contribution in [-0.4, -0.2) is 43.6 Å². The van der Waals surface area contributed by atoms with Gasteiger partial charge in [-0.25, -0.2) is 4.39 Å². The highest BCUT2D eigenvalue weighted by Crippen LogP contribution is 2.19. The molecule has 0 aromatic heterocycles. The van der Waals surface area contributed by atoms with Gasteiger partial charge >= 0.3 is 0 Å². The molecule has 1 aliphatic rings. The van der Waals surface area contributed by atoms with Gasteiger partial charge in [0.15, 0.2) is 6.10 Å². The molecule has 1 amide bonds. The normalized spacial score (nSPS) is 17.7. The first-order valence-electron chi connectivity index (χ1n) is 8.47. The molecular weight excluding hydrogens is 295 g/mol. The fraction of sp³-hybridized carbons (Fsp3) is 0.611. The van der Waals surface area contributed by atoms with Crippen LogP contribution in [0.2, 0.25) is 0 Å². The number of rotatable bonds is 7. The van der Waals surface area contributed by atoms with Crippen LogP contribution in [0, 0.1) is 11.7 Å². The number of hydrogen-bond donors (Lipinski definition) is 1. The third-order valence-corrected chi connectivity index (χ3v) is 4.45. The van der Waals surface area contributed by atoms with E-state index in [1.807, 2.05) is 6.92 Å². The second-order valence-corrected chi connectivity index (χ2v) is 6.30. The van der Waals surface area contributed by atoms with Crippen LogP contribution in [-0.2, 0) is 4.79 Å². The topological polar surface area (TPSA) is 41.6 Å². The number of carbonyl (C=O) groups is 1. The smallest absolute Gasteiger partial charge is 0.261 e. The minimum atomic E-state index is -0.530. The number of likely N-dealkylation sites (tertiary alicyclic amines) is 1. The van der Waals surface area contributed by atoms with Gasteiger partial charge in [0.05, 0.1) is 0 Å². The van der Waals surface area contributed by atoms with Crippen molar-refractivity contribution in [2.24, 2.45) is 5.92 Å². The van der Waals surface area contributed by atoms with Gasteiger partial charge in [-0.05, 0) is 76.0 Å². The molecule has 2 rings (SSSR count). The lowest BCUT2D eigenvalue weighted by Crippen LogP contribution is -2.39. The summed E-state index contributed by atoms with van der Waals surface area (Å²) in [5.41, 5.74) is 0. The van der Waals surface area contributed by atoms with Crippen molar-refractivity contribution in [1.29, 1.82) is 0 Å². The van der Waals surface area contributed by atoms with E-state index in [0.29, 0.717) is 24.6 Å². The number of nitrogens with one attached hydrogen (secondary N) is 1. The first-order chi connectivity index (χ1) is 11.1. The van der Waals surface area contributed by atoms with Crippen molar-refractivity contribution >= 4 is 5.91 Å². The van der Waals surface area contributed by atoms with Crippen LogP contribution in [0.4, 0.5) is 4.39 Å². The van der Waals surface area contributed by atoms with Crippen LogP contribution in [0.3, 0.4) is 0 Å². The Morgan fingerprint density at radius 2 is 2.00 bits per heavy atom. The summed E-state index contributed by atoms with van der Waals surface area (Å²) in [5, 5.41) is 2.97. The standard InChI is InChI=1S/C18H27FN2O2/c1-3-17(23-16-6-4-15(19)5-7-16)18(22)20-11-8-14-9-12-21(2)13-10-14/h4-7,14,17H,3,8-13H2,1-2H3,(H,20,22)/t17-/m1/s1. The molecule has 0 radical (unpaired) electrons. The van der Waals surface area contributed by atoms with Gasteiger partial charge in [-0.15, -0.1) is 0 Å². The second-order valence-electron chi connectivity index (χ2n) is 6.30. The minimum absolute atomic E-state index is 0.0928. The maximum Gasteiger partial charge on any atom is 0.261 e. The summed E-state index contributed by atoms with van der Waals surface area (Å²) in [6, 6.07) is 5.76. The zero-order chi connectivity index (χ0) is 16.7. The molecule has 23 heavy (non-hydrogen) atoms. The average molecular weight is 322 g/mol. The molecule has 5 heteroatoms. The number of piperidine rings is 1.